The number of hydrogen-bond donors (Lipinski definition) is 2. The van der Waals surface area contributed by atoms with Gasteiger partial charge in [-0.15, -0.1) is 0 Å². The molecular formula is C38H46O4. The molecular weight excluding hydrogens is 520 g/mol. The number of hydrogen-bond acceptors (Lipinski definition) is 4. The molecule has 4 heteroatoms. The molecule has 42 heavy (non-hydrogen) atoms. The van der Waals surface area contributed by atoms with Crippen LogP contribution in [0, 0.1) is 22.7 Å². The normalized spacial score (nSPS) is 38.9. The molecule has 0 saturated heterocycles. The van der Waals surface area contributed by atoms with E-state index < -0.39 is 0 Å². The molecule has 2 aromatic rings. The summed E-state index contributed by atoms with van der Waals surface area (Å²) in [4.78, 5) is 0. The number of ether oxygens (including phenoxy) is 2. The van der Waals surface area contributed by atoms with E-state index in [0.717, 1.165) is 49.2 Å². The van der Waals surface area contributed by atoms with Crippen LogP contribution in [0.1, 0.15) is 131 Å². The van der Waals surface area contributed by atoms with Gasteiger partial charge >= 0.3 is 0 Å². The van der Waals surface area contributed by atoms with Gasteiger partial charge < -0.3 is 19.7 Å². The topological polar surface area (TPSA) is 58.9 Å². The number of rotatable bonds is 2. The molecule has 2 N–H and O–H groups in total. The van der Waals surface area contributed by atoms with Crippen LogP contribution in [0.4, 0.5) is 0 Å². The van der Waals surface area contributed by atoms with E-state index in [1.165, 1.54) is 39.8 Å². The number of phenolic OH excluding ortho intramolecular Hbond substituents is 1. The fourth-order valence-electron chi connectivity index (χ4n) is 10.3. The van der Waals surface area contributed by atoms with Crippen LogP contribution in [0.3, 0.4) is 0 Å². The lowest BCUT2D eigenvalue weighted by molar-refractivity contribution is -0.0416. The Hall–Kier alpha value is -2.56. The van der Waals surface area contributed by atoms with E-state index in [0.29, 0.717) is 17.6 Å². The van der Waals surface area contributed by atoms with Gasteiger partial charge in [0.25, 0.3) is 0 Å². The SMILES string of the molecule is CC(C)c1cc2c(cc1O)C1(C)CCCC3COC(C)c4cc5c(c6c4O[C@@H](C26)C31)C1=CCC[C@](C)(CO)C1(C)C=C5. The Morgan fingerprint density at radius 1 is 1.07 bits per heavy atom. The van der Waals surface area contributed by atoms with Crippen molar-refractivity contribution in [2.24, 2.45) is 22.7 Å². The highest BCUT2D eigenvalue weighted by molar-refractivity contribution is 5.89. The first-order chi connectivity index (χ1) is 20.0. The van der Waals surface area contributed by atoms with Crippen molar-refractivity contribution in [2.75, 3.05) is 13.2 Å². The zero-order valence-electron chi connectivity index (χ0n) is 26.1. The summed E-state index contributed by atoms with van der Waals surface area (Å²) in [6, 6.07) is 6.81. The fourth-order valence-corrected chi connectivity index (χ4v) is 10.3. The highest BCUT2D eigenvalue weighted by atomic mass is 16.5. The number of allylic oxidation sites excluding steroid dienone is 3. The van der Waals surface area contributed by atoms with Crippen LogP contribution in [-0.2, 0) is 10.2 Å². The van der Waals surface area contributed by atoms with Crippen LogP contribution in [0.25, 0.3) is 11.6 Å². The van der Waals surface area contributed by atoms with E-state index in [1.807, 2.05) is 0 Å². The third-order valence-electron chi connectivity index (χ3n) is 13.0. The zero-order chi connectivity index (χ0) is 29.3. The quantitative estimate of drug-likeness (QED) is 0.383. The average Bonchev–Trinajstić information content (AvgIpc) is 3.37. The molecule has 8 rings (SSSR count). The van der Waals surface area contributed by atoms with Gasteiger partial charge in [0.05, 0.1) is 18.6 Å². The van der Waals surface area contributed by atoms with Gasteiger partial charge in [-0.3, -0.25) is 0 Å². The van der Waals surface area contributed by atoms with Crippen LogP contribution in [0.5, 0.6) is 11.5 Å². The molecule has 0 amide bonds. The largest absolute Gasteiger partial charge is 0.508 e. The molecule has 0 aromatic heterocycles. The Balaban J connectivity index is 1.47. The minimum Gasteiger partial charge on any atom is -0.508 e. The third-order valence-corrected chi connectivity index (χ3v) is 13.0. The molecule has 2 aromatic carbocycles. The Morgan fingerprint density at radius 2 is 1.88 bits per heavy atom. The summed E-state index contributed by atoms with van der Waals surface area (Å²) >= 11 is 0. The molecule has 4 nitrogen and oxygen atoms in total. The van der Waals surface area contributed by atoms with Gasteiger partial charge in [0.2, 0.25) is 0 Å². The van der Waals surface area contributed by atoms with Crippen molar-refractivity contribution < 1.29 is 19.7 Å². The maximum Gasteiger partial charge on any atom is 0.130 e. The Morgan fingerprint density at radius 3 is 2.64 bits per heavy atom. The van der Waals surface area contributed by atoms with Gasteiger partial charge in [0.15, 0.2) is 0 Å². The van der Waals surface area contributed by atoms with Crippen molar-refractivity contribution in [3.8, 4) is 11.5 Å². The van der Waals surface area contributed by atoms with Crippen LogP contribution >= 0.6 is 0 Å². The van der Waals surface area contributed by atoms with Crippen molar-refractivity contribution in [1.82, 2.24) is 0 Å². The summed E-state index contributed by atoms with van der Waals surface area (Å²) in [5, 5.41) is 22.1. The molecule has 1 fully saturated rings. The minimum atomic E-state index is -0.267. The Labute approximate surface area is 250 Å². The van der Waals surface area contributed by atoms with E-state index >= 15 is 0 Å². The van der Waals surface area contributed by atoms with E-state index in [2.05, 4.69) is 78.0 Å². The van der Waals surface area contributed by atoms with Crippen molar-refractivity contribution in [1.29, 1.82) is 0 Å². The lowest BCUT2D eigenvalue weighted by Gasteiger charge is -2.54. The highest BCUT2D eigenvalue weighted by Crippen LogP contribution is 2.67. The van der Waals surface area contributed by atoms with E-state index in [4.69, 9.17) is 9.47 Å². The van der Waals surface area contributed by atoms with Gasteiger partial charge in [0.1, 0.15) is 17.6 Å². The van der Waals surface area contributed by atoms with Crippen molar-refractivity contribution in [3.63, 3.8) is 0 Å². The molecule has 6 aliphatic rings. The standard InChI is InChI=1S/C38H46O4/c1-20(2)24-16-26-28(17-29(24)40)37(5)13-7-9-23-18-41-21(3)25-15-22-11-14-38(6)27(10-8-12-36(38,4)19-39)30(22)32-31(26)35(33(23)37)42-34(25)32/h10-11,14-17,20-21,23,31,33,35,39-40H,7-9,12-13,18-19H2,1-6H3/t21?,23?,31?,33?,35-,36+,37?,38?/m0/s1. The predicted molar refractivity (Wildman–Crippen MR) is 167 cm³/mol. The molecule has 1 saturated carbocycles. The molecule has 2 bridgehead atoms. The molecule has 222 valence electrons. The fraction of sp³-hybridized carbons (Fsp3) is 0.579. The maximum atomic E-state index is 11.4. The minimum absolute atomic E-state index is 0.0390. The third kappa shape index (κ3) is 3.21. The van der Waals surface area contributed by atoms with Gasteiger partial charge in [-0.2, -0.15) is 0 Å². The number of phenols is 1. The van der Waals surface area contributed by atoms with Crippen molar-refractivity contribution >= 4 is 11.6 Å². The smallest absolute Gasteiger partial charge is 0.130 e. The Kier molecular flexibility index (Phi) is 5.63. The van der Waals surface area contributed by atoms with Crippen LogP contribution < -0.4 is 4.74 Å². The first-order valence-electron chi connectivity index (χ1n) is 16.4. The lowest BCUT2D eigenvalue weighted by atomic mass is 9.50. The van der Waals surface area contributed by atoms with Crippen LogP contribution in [0.15, 0.2) is 30.4 Å². The monoisotopic (exact) mass is 566 g/mol. The molecule has 4 aliphatic carbocycles. The van der Waals surface area contributed by atoms with Crippen LogP contribution in [0.2, 0.25) is 0 Å². The predicted octanol–water partition coefficient (Wildman–Crippen LogP) is 8.40. The summed E-state index contributed by atoms with van der Waals surface area (Å²) < 4.78 is 14.1. The number of benzene rings is 2. The van der Waals surface area contributed by atoms with Gasteiger partial charge in [-0.25, -0.2) is 0 Å². The van der Waals surface area contributed by atoms with Crippen molar-refractivity contribution in [2.45, 2.75) is 103 Å². The first kappa shape index (κ1) is 27.0. The van der Waals surface area contributed by atoms with E-state index in [-0.39, 0.29) is 46.9 Å². The molecule has 0 spiro atoms. The highest BCUT2D eigenvalue weighted by Gasteiger charge is 2.60. The van der Waals surface area contributed by atoms with Gasteiger partial charge in [-0.05, 0) is 95.4 Å². The number of fused-ring (bicyclic) bond motifs is 8. The molecule has 2 heterocycles. The van der Waals surface area contributed by atoms with E-state index in [1.54, 1.807) is 0 Å². The molecule has 8 atom stereocenters. The second-order valence-electron chi connectivity index (χ2n) is 15.4. The average molecular weight is 567 g/mol. The summed E-state index contributed by atoms with van der Waals surface area (Å²) in [5.74, 6) is 2.51. The van der Waals surface area contributed by atoms with Crippen molar-refractivity contribution in [3.05, 3.63) is 69.3 Å². The molecule has 0 radical (unpaired) electrons. The second kappa shape index (κ2) is 8.76. The lowest BCUT2D eigenvalue weighted by Crippen LogP contribution is -2.54. The molecule has 6 unspecified atom stereocenters. The number of aliphatic hydroxyl groups is 1. The maximum absolute atomic E-state index is 11.4. The van der Waals surface area contributed by atoms with Crippen LogP contribution in [-0.4, -0.2) is 29.5 Å². The Bertz CT molecular complexity index is 1570. The summed E-state index contributed by atoms with van der Waals surface area (Å²) in [6.07, 6.45) is 12.5. The number of aromatic hydroxyl groups is 1. The second-order valence-corrected chi connectivity index (χ2v) is 15.4. The van der Waals surface area contributed by atoms with E-state index in [9.17, 15) is 10.2 Å². The number of aliphatic hydroxyl groups excluding tert-OH is 1. The summed E-state index contributed by atoms with van der Waals surface area (Å²) in [7, 11) is 0. The zero-order valence-corrected chi connectivity index (χ0v) is 26.1. The summed E-state index contributed by atoms with van der Waals surface area (Å²) in [5.41, 5.74) is 9.51. The first-order valence-corrected chi connectivity index (χ1v) is 16.4. The van der Waals surface area contributed by atoms with Gasteiger partial charge in [-0.1, -0.05) is 65.3 Å². The molecule has 2 aliphatic heterocycles. The summed E-state index contributed by atoms with van der Waals surface area (Å²) in [6.45, 7) is 14.5. The van der Waals surface area contributed by atoms with Gasteiger partial charge in [0, 0.05) is 34.5 Å².